The van der Waals surface area contributed by atoms with Gasteiger partial charge in [0, 0.05) is 24.2 Å². The van der Waals surface area contributed by atoms with E-state index in [9.17, 15) is 4.79 Å². The van der Waals surface area contributed by atoms with Gasteiger partial charge < -0.3 is 15.1 Å². The molecule has 0 aliphatic carbocycles. The number of nitrogens with two attached hydrogens (primary N) is 1. The number of anilines is 1. The summed E-state index contributed by atoms with van der Waals surface area (Å²) in [5.74, 6) is 0.159. The molecule has 0 atom stereocenters. The summed E-state index contributed by atoms with van der Waals surface area (Å²) in [7, 11) is 0. The van der Waals surface area contributed by atoms with Crippen molar-refractivity contribution in [1.29, 1.82) is 0 Å². The van der Waals surface area contributed by atoms with Crippen LogP contribution >= 0.6 is 12.2 Å². The predicted molar refractivity (Wildman–Crippen MR) is 83.0 cm³/mol. The highest BCUT2D eigenvalue weighted by Crippen LogP contribution is 2.19. The average molecular weight is 288 g/mol. The van der Waals surface area contributed by atoms with Crippen molar-refractivity contribution in [1.82, 2.24) is 0 Å². The van der Waals surface area contributed by atoms with Gasteiger partial charge in [-0.15, -0.1) is 0 Å². The van der Waals surface area contributed by atoms with Crippen molar-refractivity contribution in [3.63, 3.8) is 0 Å². The number of hydrogen-bond acceptors (Lipinski definition) is 3. The normalized spacial score (nSPS) is 10.2. The Balaban J connectivity index is 2.29. The van der Waals surface area contributed by atoms with Gasteiger partial charge in [-0.1, -0.05) is 30.4 Å². The number of carbonyl (C=O) groups is 1. The van der Waals surface area contributed by atoms with Crippen molar-refractivity contribution in [2.45, 2.75) is 13.3 Å². The van der Waals surface area contributed by atoms with E-state index >= 15 is 0 Å². The Labute approximate surface area is 123 Å². The van der Waals surface area contributed by atoms with Crippen LogP contribution in [0.5, 0.6) is 0 Å². The van der Waals surface area contributed by atoms with Crippen molar-refractivity contribution >= 4 is 28.8 Å². The van der Waals surface area contributed by atoms with E-state index < -0.39 is 0 Å². The van der Waals surface area contributed by atoms with Gasteiger partial charge in [0.2, 0.25) is 0 Å². The highest BCUT2D eigenvalue weighted by atomic mass is 32.1. The molecule has 2 aromatic rings. The van der Waals surface area contributed by atoms with Crippen molar-refractivity contribution < 1.29 is 9.21 Å². The van der Waals surface area contributed by atoms with E-state index in [2.05, 4.69) is 0 Å². The highest BCUT2D eigenvalue weighted by Gasteiger charge is 2.21. The minimum atomic E-state index is -0.185. The van der Waals surface area contributed by atoms with Crippen LogP contribution in [0.3, 0.4) is 0 Å². The third kappa shape index (κ3) is 3.24. The van der Waals surface area contributed by atoms with E-state index in [4.69, 9.17) is 22.4 Å². The molecule has 0 aliphatic heterocycles. The maximum Gasteiger partial charge on any atom is 0.294 e. The molecule has 2 rings (SSSR count). The maximum atomic E-state index is 12.6. The molecule has 0 fully saturated rings. The first-order valence-corrected chi connectivity index (χ1v) is 6.69. The monoisotopic (exact) mass is 288 g/mol. The second-order valence-corrected chi connectivity index (χ2v) is 4.97. The number of rotatable bonds is 5. The smallest absolute Gasteiger partial charge is 0.294 e. The lowest BCUT2D eigenvalue weighted by molar-refractivity contribution is 0.0960. The largest absolute Gasteiger partial charge is 0.459 e. The number of amides is 1. The number of benzene rings is 1. The molecule has 104 valence electrons. The number of para-hydroxylation sites is 1. The van der Waals surface area contributed by atoms with Crippen LogP contribution in [0.1, 0.15) is 22.5 Å². The molecule has 0 saturated heterocycles. The fourth-order valence-corrected chi connectivity index (χ4v) is 1.98. The molecule has 0 unspecified atom stereocenters. The Morgan fingerprint density at radius 2 is 2.00 bits per heavy atom. The zero-order valence-electron chi connectivity index (χ0n) is 11.2. The van der Waals surface area contributed by atoms with Crippen LogP contribution in [0.2, 0.25) is 0 Å². The lowest BCUT2D eigenvalue weighted by atomic mass is 10.2. The molecule has 0 radical (unpaired) electrons. The second-order valence-electron chi connectivity index (χ2n) is 4.44. The van der Waals surface area contributed by atoms with E-state index in [-0.39, 0.29) is 5.91 Å². The minimum absolute atomic E-state index is 0.185. The van der Waals surface area contributed by atoms with Gasteiger partial charge in [0.1, 0.15) is 0 Å². The summed E-state index contributed by atoms with van der Waals surface area (Å²) in [6.07, 6.45) is 1.98. The fraction of sp³-hybridized carbons (Fsp3) is 0.200. The Morgan fingerprint density at radius 1 is 1.30 bits per heavy atom. The molecule has 0 spiro atoms. The molecule has 1 amide bonds. The maximum absolute atomic E-state index is 12.6. The quantitative estimate of drug-likeness (QED) is 0.859. The number of furan rings is 1. The van der Waals surface area contributed by atoms with Crippen LogP contribution in [-0.4, -0.2) is 17.4 Å². The zero-order chi connectivity index (χ0) is 14.5. The molecular weight excluding hydrogens is 272 g/mol. The Hall–Kier alpha value is -2.14. The Bertz CT molecular complexity index is 607. The molecule has 2 N–H and O–H groups in total. The first kappa shape index (κ1) is 14.3. The van der Waals surface area contributed by atoms with E-state index in [1.165, 1.54) is 6.26 Å². The van der Waals surface area contributed by atoms with Gasteiger partial charge in [0.15, 0.2) is 5.76 Å². The highest BCUT2D eigenvalue weighted by molar-refractivity contribution is 7.80. The number of thiocarbonyl (C=S) groups is 1. The van der Waals surface area contributed by atoms with Gasteiger partial charge in [-0.3, -0.25) is 4.79 Å². The zero-order valence-corrected chi connectivity index (χ0v) is 12.0. The van der Waals surface area contributed by atoms with Gasteiger partial charge in [-0.25, -0.2) is 0 Å². The number of nitrogens with zero attached hydrogens (tertiary/aromatic N) is 1. The first-order valence-electron chi connectivity index (χ1n) is 6.29. The number of hydrogen-bond donors (Lipinski definition) is 1. The molecule has 0 aliphatic rings. The summed E-state index contributed by atoms with van der Waals surface area (Å²) in [6, 6.07) is 11.2. The van der Waals surface area contributed by atoms with Crippen LogP contribution in [0.25, 0.3) is 0 Å². The van der Waals surface area contributed by atoms with Gasteiger partial charge in [0.25, 0.3) is 5.91 Å². The fourth-order valence-electron chi connectivity index (χ4n) is 1.89. The van der Waals surface area contributed by atoms with Crippen LogP contribution in [0.15, 0.2) is 47.1 Å². The van der Waals surface area contributed by atoms with Crippen molar-refractivity contribution in [3.8, 4) is 0 Å². The summed E-state index contributed by atoms with van der Waals surface area (Å²) in [5, 5.41) is 0. The minimum Gasteiger partial charge on any atom is -0.459 e. The lowest BCUT2D eigenvalue weighted by Crippen LogP contribution is -2.33. The molecule has 1 aromatic heterocycles. The molecule has 5 heteroatoms. The Morgan fingerprint density at radius 3 is 2.55 bits per heavy atom. The van der Waals surface area contributed by atoms with Crippen molar-refractivity contribution in [2.24, 2.45) is 5.73 Å². The predicted octanol–water partition coefficient (Wildman–Crippen LogP) is 2.91. The summed E-state index contributed by atoms with van der Waals surface area (Å²) >= 11 is 4.89. The van der Waals surface area contributed by atoms with Crippen LogP contribution in [0, 0.1) is 6.92 Å². The first-order chi connectivity index (χ1) is 9.59. The van der Waals surface area contributed by atoms with E-state index in [1.807, 2.05) is 37.3 Å². The summed E-state index contributed by atoms with van der Waals surface area (Å²) in [5.41, 5.74) is 7.14. The van der Waals surface area contributed by atoms with E-state index in [0.717, 1.165) is 11.3 Å². The van der Waals surface area contributed by atoms with E-state index in [0.29, 0.717) is 23.7 Å². The van der Waals surface area contributed by atoms with Crippen LogP contribution < -0.4 is 10.6 Å². The Kier molecular flexibility index (Phi) is 4.53. The summed E-state index contributed by atoms with van der Waals surface area (Å²) in [6.45, 7) is 2.27. The molecular formula is C15H16N2O2S. The molecule has 1 heterocycles. The van der Waals surface area contributed by atoms with Crippen LogP contribution in [0.4, 0.5) is 5.69 Å². The third-order valence-electron chi connectivity index (χ3n) is 2.95. The molecule has 1 aromatic carbocycles. The summed E-state index contributed by atoms with van der Waals surface area (Å²) in [4.78, 5) is 14.6. The molecule has 0 bridgehead atoms. The molecule has 4 nitrogen and oxygen atoms in total. The third-order valence-corrected chi connectivity index (χ3v) is 3.16. The van der Waals surface area contributed by atoms with Gasteiger partial charge in [-0.2, -0.15) is 0 Å². The van der Waals surface area contributed by atoms with Gasteiger partial charge in [-0.05, 0) is 25.1 Å². The number of carbonyl (C=O) groups excluding carboxylic acids is 1. The van der Waals surface area contributed by atoms with Crippen LogP contribution in [-0.2, 0) is 0 Å². The standard InChI is InChI=1S/C15H16N2O2S/c1-11-8-10-19-14(11)15(18)17(9-7-13(16)20)12-5-3-2-4-6-12/h2-6,8,10H,7,9H2,1H3,(H2,16,20). The molecule has 0 saturated carbocycles. The molecule has 20 heavy (non-hydrogen) atoms. The van der Waals surface area contributed by atoms with Gasteiger partial charge in [0.05, 0.1) is 11.3 Å². The topological polar surface area (TPSA) is 59.5 Å². The summed E-state index contributed by atoms with van der Waals surface area (Å²) < 4.78 is 5.28. The SMILES string of the molecule is Cc1ccoc1C(=O)N(CCC(N)=S)c1ccccc1. The number of aryl methyl sites for hydroxylation is 1. The average Bonchev–Trinajstić information content (AvgIpc) is 2.86. The van der Waals surface area contributed by atoms with E-state index in [1.54, 1.807) is 11.0 Å². The second kappa shape index (κ2) is 6.34. The lowest BCUT2D eigenvalue weighted by Gasteiger charge is -2.22. The van der Waals surface area contributed by atoms with Gasteiger partial charge >= 0.3 is 0 Å². The van der Waals surface area contributed by atoms with Crippen molar-refractivity contribution in [3.05, 3.63) is 54.0 Å². The van der Waals surface area contributed by atoms with Crippen molar-refractivity contribution in [2.75, 3.05) is 11.4 Å².